The van der Waals surface area contributed by atoms with E-state index in [1.807, 2.05) is 0 Å². The number of hydrogen-bond acceptors (Lipinski definition) is 3. The van der Waals surface area contributed by atoms with Gasteiger partial charge in [0.25, 0.3) is 0 Å². The highest BCUT2D eigenvalue weighted by Crippen LogP contribution is 2.14. The smallest absolute Gasteiger partial charge is 0.323 e. The summed E-state index contributed by atoms with van der Waals surface area (Å²) in [7, 11) is 0. The van der Waals surface area contributed by atoms with Crippen LogP contribution in [-0.4, -0.2) is 20.6 Å². The largest absolute Gasteiger partial charge is 0.351 e. The summed E-state index contributed by atoms with van der Waals surface area (Å²) in [5.74, 6) is 0.524. The Bertz CT molecular complexity index is 394. The first kappa shape index (κ1) is 6.78. The van der Waals surface area contributed by atoms with Crippen molar-refractivity contribution in [3.05, 3.63) is 24.7 Å². The fraction of sp³-hybridized carbons (Fsp3) is 0. The number of carbonyl (C=O) groups excluding carboxylic acids is 1. The van der Waals surface area contributed by atoms with Gasteiger partial charge in [-0.1, -0.05) is 0 Å². The predicted octanol–water partition coefficient (Wildman–Crippen LogP) is 0.310. The molecule has 0 aromatic heterocycles. The molecule has 60 valence electrons. The molecule has 2 heterocycles. The fourth-order valence-electron chi connectivity index (χ4n) is 1.05. The van der Waals surface area contributed by atoms with Gasteiger partial charge in [0, 0.05) is 18.6 Å². The highest BCUT2D eigenvalue weighted by Gasteiger charge is 2.10. The molecule has 0 atom stereocenters. The van der Waals surface area contributed by atoms with Gasteiger partial charge in [-0.2, -0.15) is 0 Å². The molecule has 0 spiro atoms. The molecule has 1 amide bonds. The van der Waals surface area contributed by atoms with Crippen LogP contribution in [0.15, 0.2) is 24.7 Å². The first-order valence-electron chi connectivity index (χ1n) is 3.37. The van der Waals surface area contributed by atoms with Gasteiger partial charge in [0.15, 0.2) is 5.82 Å². The van der Waals surface area contributed by atoms with Gasteiger partial charge in [0.05, 0.1) is 5.69 Å². The molecule has 0 aliphatic carbocycles. The molecule has 2 aliphatic rings. The number of carbonyl (C=O) groups is 1. The summed E-state index contributed by atoms with van der Waals surface area (Å²) >= 11 is 0. The molecule has 0 aromatic carbocycles. The third-order valence-corrected chi connectivity index (χ3v) is 1.57. The normalized spacial score (nSPS) is 10.3. The standard InChI is InChI=1S/C7H6N4O/c8-7(12)11-4-3-10-6-5(11)1-2-9-6/h1-4H,(H2,8,12). The number of nitrogens with zero attached hydrogens (tertiary/aromatic N) is 3. The Hall–Kier alpha value is -1.91. The SMILES string of the molecule is NC(=O)n1ccnc2nccc1-2. The quantitative estimate of drug-likeness (QED) is 0.605. The molecule has 5 heteroatoms. The van der Waals surface area contributed by atoms with Gasteiger partial charge < -0.3 is 5.73 Å². The van der Waals surface area contributed by atoms with Crippen molar-refractivity contribution < 1.29 is 4.79 Å². The Balaban J connectivity index is 2.71. The maximum absolute atomic E-state index is 10.8. The Morgan fingerprint density at radius 1 is 1.42 bits per heavy atom. The zero-order valence-electron chi connectivity index (χ0n) is 6.14. The molecule has 0 saturated carbocycles. The van der Waals surface area contributed by atoms with Crippen LogP contribution in [0.5, 0.6) is 0 Å². The highest BCUT2D eigenvalue weighted by atomic mass is 16.2. The topological polar surface area (TPSA) is 73.8 Å². The minimum Gasteiger partial charge on any atom is -0.351 e. The lowest BCUT2D eigenvalue weighted by Crippen LogP contribution is -2.21. The van der Waals surface area contributed by atoms with E-state index in [0.717, 1.165) is 0 Å². The van der Waals surface area contributed by atoms with Crippen LogP contribution in [0.3, 0.4) is 0 Å². The van der Waals surface area contributed by atoms with Crippen LogP contribution >= 0.6 is 0 Å². The molecular weight excluding hydrogens is 156 g/mol. The zero-order chi connectivity index (χ0) is 8.55. The van der Waals surface area contributed by atoms with Gasteiger partial charge in [-0.25, -0.2) is 14.8 Å². The Morgan fingerprint density at radius 3 is 2.92 bits per heavy atom. The average molecular weight is 162 g/mol. The van der Waals surface area contributed by atoms with Crippen molar-refractivity contribution in [3.63, 3.8) is 0 Å². The van der Waals surface area contributed by atoms with Crippen LogP contribution in [0.4, 0.5) is 4.79 Å². The monoisotopic (exact) mass is 162 g/mol. The van der Waals surface area contributed by atoms with E-state index in [2.05, 4.69) is 9.97 Å². The van der Waals surface area contributed by atoms with Crippen molar-refractivity contribution in [1.29, 1.82) is 0 Å². The molecule has 0 bridgehead atoms. The van der Waals surface area contributed by atoms with Crippen LogP contribution in [0.25, 0.3) is 11.5 Å². The molecule has 12 heavy (non-hydrogen) atoms. The lowest BCUT2D eigenvalue weighted by Gasteiger charge is -2.04. The molecule has 2 rings (SSSR count). The van der Waals surface area contributed by atoms with E-state index < -0.39 is 6.03 Å². The van der Waals surface area contributed by atoms with Gasteiger partial charge in [0.1, 0.15) is 0 Å². The minimum atomic E-state index is -0.532. The van der Waals surface area contributed by atoms with Crippen molar-refractivity contribution in [2.45, 2.75) is 0 Å². The van der Waals surface area contributed by atoms with E-state index in [1.165, 1.54) is 17.0 Å². The number of nitrogens with two attached hydrogens (primary N) is 1. The molecule has 2 N–H and O–H groups in total. The van der Waals surface area contributed by atoms with Gasteiger partial charge in [-0.05, 0) is 6.07 Å². The molecule has 0 radical (unpaired) electrons. The van der Waals surface area contributed by atoms with Crippen molar-refractivity contribution >= 4 is 6.03 Å². The highest BCUT2D eigenvalue weighted by molar-refractivity contribution is 5.79. The van der Waals surface area contributed by atoms with Crippen molar-refractivity contribution in [3.8, 4) is 11.5 Å². The lowest BCUT2D eigenvalue weighted by molar-refractivity contribution is 0.250. The summed E-state index contributed by atoms with van der Waals surface area (Å²) in [6.07, 6.45) is 4.57. The molecule has 0 saturated heterocycles. The number of fused-ring (bicyclic) bond motifs is 1. The van der Waals surface area contributed by atoms with Crippen LogP contribution < -0.4 is 5.73 Å². The van der Waals surface area contributed by atoms with Gasteiger partial charge in [0.2, 0.25) is 0 Å². The third kappa shape index (κ3) is 0.833. The van der Waals surface area contributed by atoms with Crippen LogP contribution in [0.1, 0.15) is 0 Å². The molecular formula is C7H6N4O. The summed E-state index contributed by atoms with van der Waals surface area (Å²) in [4.78, 5) is 18.7. The summed E-state index contributed by atoms with van der Waals surface area (Å²) < 4.78 is 1.30. The summed E-state index contributed by atoms with van der Waals surface area (Å²) in [6, 6.07) is 1.16. The van der Waals surface area contributed by atoms with E-state index in [4.69, 9.17) is 5.73 Å². The average Bonchev–Trinajstić information content (AvgIpc) is 2.49. The van der Waals surface area contributed by atoms with Gasteiger partial charge >= 0.3 is 6.03 Å². The van der Waals surface area contributed by atoms with Gasteiger partial charge in [-0.15, -0.1) is 0 Å². The van der Waals surface area contributed by atoms with Gasteiger partial charge in [-0.3, -0.25) is 4.57 Å². The molecule has 0 aromatic rings. The van der Waals surface area contributed by atoms with E-state index in [0.29, 0.717) is 11.5 Å². The maximum atomic E-state index is 10.8. The fourth-order valence-corrected chi connectivity index (χ4v) is 1.05. The Labute approximate surface area is 68.2 Å². The molecule has 0 fully saturated rings. The van der Waals surface area contributed by atoms with Crippen LogP contribution in [-0.2, 0) is 0 Å². The Morgan fingerprint density at radius 2 is 2.17 bits per heavy atom. The third-order valence-electron chi connectivity index (χ3n) is 1.57. The predicted molar refractivity (Wildman–Crippen MR) is 41.6 cm³/mol. The molecule has 0 unspecified atom stereocenters. The van der Waals surface area contributed by atoms with E-state index in [-0.39, 0.29) is 0 Å². The second kappa shape index (κ2) is 2.30. The summed E-state index contributed by atoms with van der Waals surface area (Å²) in [5, 5.41) is 0. The van der Waals surface area contributed by atoms with E-state index >= 15 is 0 Å². The summed E-state index contributed by atoms with van der Waals surface area (Å²) in [6.45, 7) is 0. The number of amides is 1. The molecule has 5 nitrogen and oxygen atoms in total. The van der Waals surface area contributed by atoms with Crippen molar-refractivity contribution in [2.24, 2.45) is 5.73 Å². The minimum absolute atomic E-state index is 0.524. The lowest BCUT2D eigenvalue weighted by atomic mass is 10.4. The first-order valence-corrected chi connectivity index (χ1v) is 3.37. The van der Waals surface area contributed by atoms with Crippen molar-refractivity contribution in [2.75, 3.05) is 0 Å². The second-order valence-corrected chi connectivity index (χ2v) is 2.29. The van der Waals surface area contributed by atoms with Crippen LogP contribution in [0.2, 0.25) is 0 Å². The number of primary amides is 1. The Kier molecular flexibility index (Phi) is 1.30. The molecule has 2 aliphatic heterocycles. The van der Waals surface area contributed by atoms with E-state index in [9.17, 15) is 4.79 Å². The van der Waals surface area contributed by atoms with Crippen LogP contribution in [0, 0.1) is 0 Å². The van der Waals surface area contributed by atoms with Crippen molar-refractivity contribution in [1.82, 2.24) is 14.5 Å². The number of rotatable bonds is 0. The summed E-state index contributed by atoms with van der Waals surface area (Å²) in [5.41, 5.74) is 5.74. The zero-order valence-corrected chi connectivity index (χ0v) is 6.14. The van der Waals surface area contributed by atoms with E-state index in [1.54, 1.807) is 12.3 Å². The number of aromatic nitrogens is 3. The first-order chi connectivity index (χ1) is 5.79. The second-order valence-electron chi connectivity index (χ2n) is 2.29. The maximum Gasteiger partial charge on any atom is 0.323 e. The number of hydrogen-bond donors (Lipinski definition) is 1.